The van der Waals surface area contributed by atoms with E-state index in [9.17, 15) is 4.79 Å². The standard InChI is InChI=1S/C12H18N2O3/c1-12(2,5-7-15)8-14-10-9(11(16)17)4-3-6-13-10/h3-4,6,15H,5,7-8H2,1-2H3,(H,13,14)(H,16,17). The van der Waals surface area contributed by atoms with Crippen LogP contribution in [0.4, 0.5) is 5.82 Å². The molecule has 0 amide bonds. The number of anilines is 1. The van der Waals surface area contributed by atoms with Crippen molar-refractivity contribution in [2.45, 2.75) is 20.3 Å². The molecule has 0 bridgehead atoms. The number of rotatable bonds is 6. The van der Waals surface area contributed by atoms with Crippen LogP contribution in [0.3, 0.4) is 0 Å². The molecule has 0 spiro atoms. The van der Waals surface area contributed by atoms with Crippen LogP contribution in [-0.2, 0) is 0 Å². The Morgan fingerprint density at radius 1 is 1.53 bits per heavy atom. The number of hydrogen-bond donors (Lipinski definition) is 3. The van der Waals surface area contributed by atoms with E-state index < -0.39 is 5.97 Å². The van der Waals surface area contributed by atoms with Crippen LogP contribution >= 0.6 is 0 Å². The number of aromatic carboxylic acids is 1. The van der Waals surface area contributed by atoms with E-state index >= 15 is 0 Å². The van der Waals surface area contributed by atoms with Crippen LogP contribution < -0.4 is 5.32 Å². The molecular weight excluding hydrogens is 220 g/mol. The molecular formula is C12H18N2O3. The molecule has 1 heterocycles. The van der Waals surface area contributed by atoms with E-state index in [1.807, 2.05) is 13.8 Å². The molecule has 1 rings (SSSR count). The lowest BCUT2D eigenvalue weighted by Crippen LogP contribution is -2.25. The van der Waals surface area contributed by atoms with Crippen molar-refractivity contribution >= 4 is 11.8 Å². The zero-order chi connectivity index (χ0) is 12.9. The highest BCUT2D eigenvalue weighted by atomic mass is 16.4. The molecule has 0 aromatic carbocycles. The highest BCUT2D eigenvalue weighted by Gasteiger charge is 2.18. The fourth-order valence-electron chi connectivity index (χ4n) is 1.43. The van der Waals surface area contributed by atoms with Gasteiger partial charge in [0.05, 0.1) is 0 Å². The summed E-state index contributed by atoms with van der Waals surface area (Å²) >= 11 is 0. The van der Waals surface area contributed by atoms with Crippen LogP contribution in [0, 0.1) is 5.41 Å². The lowest BCUT2D eigenvalue weighted by Gasteiger charge is -2.24. The molecule has 0 aliphatic carbocycles. The maximum atomic E-state index is 11.0. The Balaban J connectivity index is 2.72. The van der Waals surface area contributed by atoms with E-state index in [1.165, 1.54) is 6.07 Å². The third kappa shape index (κ3) is 4.03. The number of pyridine rings is 1. The zero-order valence-corrected chi connectivity index (χ0v) is 10.1. The Bertz CT molecular complexity index is 391. The Morgan fingerprint density at radius 2 is 2.24 bits per heavy atom. The monoisotopic (exact) mass is 238 g/mol. The molecule has 3 N–H and O–H groups in total. The lowest BCUT2D eigenvalue weighted by molar-refractivity contribution is 0.0697. The first-order valence-corrected chi connectivity index (χ1v) is 5.49. The summed E-state index contributed by atoms with van der Waals surface area (Å²) in [6.07, 6.45) is 2.20. The van der Waals surface area contributed by atoms with Gasteiger partial charge in [0, 0.05) is 19.3 Å². The second-order valence-electron chi connectivity index (χ2n) is 4.70. The number of nitrogens with one attached hydrogen (secondary N) is 1. The van der Waals surface area contributed by atoms with Crippen LogP contribution in [0.5, 0.6) is 0 Å². The van der Waals surface area contributed by atoms with E-state index in [-0.39, 0.29) is 17.6 Å². The summed E-state index contributed by atoms with van der Waals surface area (Å²) in [5.41, 5.74) is 0.0505. The average molecular weight is 238 g/mol. The molecule has 5 heteroatoms. The predicted molar refractivity (Wildman–Crippen MR) is 65.2 cm³/mol. The number of aliphatic hydroxyl groups is 1. The normalized spacial score (nSPS) is 11.2. The number of carboxylic acid groups (broad SMARTS) is 1. The molecule has 0 radical (unpaired) electrons. The number of hydrogen-bond acceptors (Lipinski definition) is 4. The molecule has 0 aliphatic rings. The minimum atomic E-state index is -0.999. The van der Waals surface area contributed by atoms with Gasteiger partial charge in [-0.3, -0.25) is 0 Å². The van der Waals surface area contributed by atoms with Gasteiger partial charge in [-0.25, -0.2) is 9.78 Å². The Kier molecular flexibility index (Phi) is 4.45. The van der Waals surface area contributed by atoms with Gasteiger partial charge < -0.3 is 15.5 Å². The first kappa shape index (κ1) is 13.4. The van der Waals surface area contributed by atoms with Gasteiger partial charge in [-0.2, -0.15) is 0 Å². The highest BCUT2D eigenvalue weighted by molar-refractivity contribution is 5.92. The van der Waals surface area contributed by atoms with Crippen LogP contribution in [0.15, 0.2) is 18.3 Å². The Hall–Kier alpha value is -1.62. The summed E-state index contributed by atoms with van der Waals surface area (Å²) in [7, 11) is 0. The second kappa shape index (κ2) is 5.63. The molecule has 1 aromatic rings. The fourth-order valence-corrected chi connectivity index (χ4v) is 1.43. The molecule has 1 aromatic heterocycles. The zero-order valence-electron chi connectivity index (χ0n) is 10.1. The first-order valence-electron chi connectivity index (χ1n) is 5.49. The summed E-state index contributed by atoms with van der Waals surface area (Å²) in [6.45, 7) is 4.67. The lowest BCUT2D eigenvalue weighted by atomic mass is 9.90. The minimum Gasteiger partial charge on any atom is -0.478 e. The van der Waals surface area contributed by atoms with Gasteiger partial charge in [-0.15, -0.1) is 0 Å². The van der Waals surface area contributed by atoms with Crippen LogP contribution in [0.2, 0.25) is 0 Å². The van der Waals surface area contributed by atoms with Crippen LogP contribution in [0.25, 0.3) is 0 Å². The fraction of sp³-hybridized carbons (Fsp3) is 0.500. The maximum absolute atomic E-state index is 11.0. The van der Waals surface area contributed by atoms with Gasteiger partial charge >= 0.3 is 5.97 Å². The van der Waals surface area contributed by atoms with Crippen molar-refractivity contribution in [1.82, 2.24) is 4.98 Å². The summed E-state index contributed by atoms with van der Waals surface area (Å²) < 4.78 is 0. The second-order valence-corrected chi connectivity index (χ2v) is 4.70. The minimum absolute atomic E-state index is 0.109. The van der Waals surface area contributed by atoms with Crippen LogP contribution in [-0.4, -0.2) is 34.3 Å². The van der Waals surface area contributed by atoms with Gasteiger partial charge in [0.25, 0.3) is 0 Å². The number of aliphatic hydroxyl groups excluding tert-OH is 1. The summed E-state index contributed by atoms with van der Waals surface area (Å²) in [4.78, 5) is 15.0. The number of carboxylic acids is 1. The van der Waals surface area contributed by atoms with E-state index in [1.54, 1.807) is 12.3 Å². The molecule has 0 saturated heterocycles. The maximum Gasteiger partial charge on any atom is 0.339 e. The molecule has 0 aliphatic heterocycles. The molecule has 0 atom stereocenters. The van der Waals surface area contributed by atoms with Gasteiger partial charge in [0.2, 0.25) is 0 Å². The molecule has 0 fully saturated rings. The van der Waals surface area contributed by atoms with Crippen molar-refractivity contribution in [1.29, 1.82) is 0 Å². The molecule has 94 valence electrons. The predicted octanol–water partition coefficient (Wildman–Crippen LogP) is 1.60. The number of aromatic nitrogens is 1. The smallest absolute Gasteiger partial charge is 0.339 e. The molecule has 5 nitrogen and oxygen atoms in total. The first-order chi connectivity index (χ1) is 7.96. The Labute approximate surface area is 101 Å². The van der Waals surface area contributed by atoms with Crippen molar-refractivity contribution in [3.8, 4) is 0 Å². The van der Waals surface area contributed by atoms with Gasteiger partial charge in [-0.05, 0) is 24.0 Å². The van der Waals surface area contributed by atoms with E-state index in [0.717, 1.165) is 0 Å². The summed E-state index contributed by atoms with van der Waals surface area (Å²) in [5.74, 6) is -0.633. The topological polar surface area (TPSA) is 82.5 Å². The third-order valence-corrected chi connectivity index (χ3v) is 2.56. The van der Waals surface area contributed by atoms with E-state index in [0.29, 0.717) is 18.8 Å². The van der Waals surface area contributed by atoms with Crippen molar-refractivity contribution in [2.75, 3.05) is 18.5 Å². The summed E-state index contributed by atoms with van der Waals surface area (Å²) in [6, 6.07) is 3.10. The van der Waals surface area contributed by atoms with Crippen molar-refractivity contribution in [3.05, 3.63) is 23.9 Å². The Morgan fingerprint density at radius 3 is 2.82 bits per heavy atom. The van der Waals surface area contributed by atoms with Crippen molar-refractivity contribution in [3.63, 3.8) is 0 Å². The quantitative estimate of drug-likeness (QED) is 0.701. The molecule has 0 unspecified atom stereocenters. The van der Waals surface area contributed by atoms with Gasteiger partial charge in [0.1, 0.15) is 11.4 Å². The third-order valence-electron chi connectivity index (χ3n) is 2.56. The highest BCUT2D eigenvalue weighted by Crippen LogP contribution is 2.21. The average Bonchev–Trinajstić information content (AvgIpc) is 2.27. The largest absolute Gasteiger partial charge is 0.478 e. The van der Waals surface area contributed by atoms with Crippen molar-refractivity contribution in [2.24, 2.45) is 5.41 Å². The van der Waals surface area contributed by atoms with E-state index in [4.69, 9.17) is 10.2 Å². The number of nitrogens with zero attached hydrogens (tertiary/aromatic N) is 1. The summed E-state index contributed by atoms with van der Waals surface area (Å²) in [5, 5.41) is 20.9. The van der Waals surface area contributed by atoms with Gasteiger partial charge in [-0.1, -0.05) is 13.8 Å². The molecule has 0 saturated carbocycles. The van der Waals surface area contributed by atoms with Crippen LogP contribution in [0.1, 0.15) is 30.6 Å². The SMILES string of the molecule is CC(C)(CCO)CNc1ncccc1C(=O)O. The number of carbonyl (C=O) groups is 1. The van der Waals surface area contributed by atoms with Crippen molar-refractivity contribution < 1.29 is 15.0 Å². The van der Waals surface area contributed by atoms with E-state index in [2.05, 4.69) is 10.3 Å². The van der Waals surface area contributed by atoms with Gasteiger partial charge in [0.15, 0.2) is 0 Å². The molecule has 17 heavy (non-hydrogen) atoms.